The van der Waals surface area contributed by atoms with Gasteiger partial charge in [-0.05, 0) is 32.0 Å². The van der Waals surface area contributed by atoms with E-state index in [2.05, 4.69) is 26.1 Å². The van der Waals surface area contributed by atoms with E-state index >= 15 is 0 Å². The number of hydrogen-bond acceptors (Lipinski definition) is 6. The van der Waals surface area contributed by atoms with Gasteiger partial charge in [-0.2, -0.15) is 0 Å². The summed E-state index contributed by atoms with van der Waals surface area (Å²) in [5.74, 6) is 1.12. The molecule has 0 aliphatic rings. The van der Waals surface area contributed by atoms with Crippen molar-refractivity contribution in [2.75, 3.05) is 0 Å². The fourth-order valence-corrected chi connectivity index (χ4v) is 3.05. The quantitative estimate of drug-likeness (QED) is 0.460. The van der Waals surface area contributed by atoms with Crippen LogP contribution in [-0.2, 0) is 0 Å². The minimum Gasteiger partial charge on any atom is -0.469 e. The zero-order valence-electron chi connectivity index (χ0n) is 12.4. The zero-order chi connectivity index (χ0) is 16.4. The first kappa shape index (κ1) is 16.0. The Labute approximate surface area is 145 Å². The van der Waals surface area contributed by atoms with Crippen molar-refractivity contribution in [3.8, 4) is 11.5 Å². The lowest BCUT2D eigenvalue weighted by molar-refractivity contribution is 0.0993. The number of carbonyl (C=O) groups excluding carboxylic acids is 1. The highest BCUT2D eigenvalue weighted by Crippen LogP contribution is 2.29. The van der Waals surface area contributed by atoms with Gasteiger partial charge >= 0.3 is 0 Å². The summed E-state index contributed by atoms with van der Waals surface area (Å²) in [6.45, 7) is 3.65. The minimum absolute atomic E-state index is 0.0155. The van der Waals surface area contributed by atoms with E-state index in [9.17, 15) is 4.79 Å². The van der Waals surface area contributed by atoms with Gasteiger partial charge in [0.15, 0.2) is 5.78 Å². The van der Waals surface area contributed by atoms with Crippen LogP contribution in [0, 0.1) is 6.92 Å². The molecule has 2 aromatic heterocycles. The van der Waals surface area contributed by atoms with E-state index in [-0.39, 0.29) is 11.0 Å². The Bertz CT molecular complexity index is 826. The average molecular weight is 393 g/mol. The Morgan fingerprint density at radius 3 is 2.61 bits per heavy atom. The van der Waals surface area contributed by atoms with Crippen LogP contribution in [-0.4, -0.2) is 21.2 Å². The summed E-state index contributed by atoms with van der Waals surface area (Å²) < 4.78 is 11.8. The van der Waals surface area contributed by atoms with Gasteiger partial charge in [0.2, 0.25) is 0 Å². The van der Waals surface area contributed by atoms with Crippen LogP contribution in [0.2, 0.25) is 0 Å². The lowest BCUT2D eigenvalue weighted by atomic mass is 10.1. The maximum absolute atomic E-state index is 12.4. The second kappa shape index (κ2) is 6.72. The fourth-order valence-electron chi connectivity index (χ4n) is 2.03. The highest BCUT2D eigenvalue weighted by Gasteiger charge is 2.20. The van der Waals surface area contributed by atoms with Crippen LogP contribution in [0.4, 0.5) is 0 Å². The first-order valence-corrected chi connectivity index (χ1v) is 8.56. The van der Waals surface area contributed by atoms with Crippen LogP contribution in [0.5, 0.6) is 0 Å². The van der Waals surface area contributed by atoms with Gasteiger partial charge < -0.3 is 8.83 Å². The van der Waals surface area contributed by atoms with Gasteiger partial charge in [0.05, 0.1) is 17.1 Å². The third kappa shape index (κ3) is 3.56. The lowest BCUT2D eigenvalue weighted by Gasteiger charge is -2.07. The molecule has 0 saturated heterocycles. The maximum atomic E-state index is 12.4. The molecule has 3 aromatic rings. The van der Waals surface area contributed by atoms with Gasteiger partial charge in [0.1, 0.15) is 5.76 Å². The number of thioether (sulfide) groups is 1. The van der Waals surface area contributed by atoms with Gasteiger partial charge in [-0.15, -0.1) is 10.2 Å². The van der Waals surface area contributed by atoms with Crippen molar-refractivity contribution < 1.29 is 13.6 Å². The first-order chi connectivity index (χ1) is 11.0. The number of benzene rings is 1. The molecule has 0 N–H and O–H groups in total. The molecule has 0 fully saturated rings. The van der Waals surface area contributed by atoms with E-state index < -0.39 is 0 Å². The van der Waals surface area contributed by atoms with Crippen molar-refractivity contribution in [3.05, 3.63) is 52.4 Å². The normalized spacial score (nSPS) is 12.3. The van der Waals surface area contributed by atoms with Crippen LogP contribution in [0.1, 0.15) is 23.0 Å². The van der Waals surface area contributed by atoms with E-state index in [0.29, 0.717) is 22.4 Å². The van der Waals surface area contributed by atoms with Gasteiger partial charge in [0, 0.05) is 10.0 Å². The maximum Gasteiger partial charge on any atom is 0.277 e. The van der Waals surface area contributed by atoms with E-state index in [1.807, 2.05) is 26.0 Å². The second-order valence-corrected chi connectivity index (χ2v) is 7.10. The number of furan rings is 1. The summed E-state index contributed by atoms with van der Waals surface area (Å²) in [4.78, 5) is 12.4. The smallest absolute Gasteiger partial charge is 0.277 e. The minimum atomic E-state index is -0.324. The molecule has 0 amide bonds. The molecule has 2 heterocycles. The molecular formula is C16H13BrN2O3S. The summed E-state index contributed by atoms with van der Waals surface area (Å²) >= 11 is 4.60. The van der Waals surface area contributed by atoms with Crippen LogP contribution in [0.15, 0.2) is 55.1 Å². The van der Waals surface area contributed by atoms with Crippen LogP contribution >= 0.6 is 27.7 Å². The number of nitrogens with zero attached hydrogens (tertiary/aromatic N) is 2. The van der Waals surface area contributed by atoms with Crippen molar-refractivity contribution in [3.63, 3.8) is 0 Å². The van der Waals surface area contributed by atoms with Crippen LogP contribution in [0.25, 0.3) is 11.5 Å². The van der Waals surface area contributed by atoms with E-state index in [1.54, 1.807) is 24.5 Å². The summed E-state index contributed by atoms with van der Waals surface area (Å²) in [5, 5.41) is 8.03. The summed E-state index contributed by atoms with van der Waals surface area (Å²) in [5.41, 5.74) is 1.41. The number of ketones is 1. The first-order valence-electron chi connectivity index (χ1n) is 6.89. The van der Waals surface area contributed by atoms with Crippen molar-refractivity contribution in [2.24, 2.45) is 0 Å². The third-order valence-electron chi connectivity index (χ3n) is 3.27. The number of rotatable bonds is 5. The molecule has 118 valence electrons. The van der Waals surface area contributed by atoms with Crippen molar-refractivity contribution in [2.45, 2.75) is 24.3 Å². The highest BCUT2D eigenvalue weighted by molar-refractivity contribution is 9.10. The third-order valence-corrected chi connectivity index (χ3v) is 4.73. The monoisotopic (exact) mass is 392 g/mol. The largest absolute Gasteiger partial charge is 0.469 e. The standard InChI is InChI=1S/C16H13BrN2O3S/c1-9-13(7-8-21-9)15-18-19-16(22-15)23-10(2)14(20)11-3-5-12(17)6-4-11/h3-8,10H,1-2H3/t10-/m1/s1. The fraction of sp³-hybridized carbons (Fsp3) is 0.188. The highest BCUT2D eigenvalue weighted by atomic mass is 79.9. The van der Waals surface area contributed by atoms with Crippen LogP contribution < -0.4 is 0 Å². The molecule has 1 aromatic carbocycles. The number of Topliss-reactive ketones (excluding diaryl/α,β-unsaturated/α-hetero) is 1. The molecule has 0 spiro atoms. The van der Waals surface area contributed by atoms with E-state index in [0.717, 1.165) is 10.0 Å². The molecule has 5 nitrogen and oxygen atoms in total. The molecular weight excluding hydrogens is 380 g/mol. The molecule has 3 rings (SSSR count). The number of hydrogen-bond donors (Lipinski definition) is 0. The molecule has 23 heavy (non-hydrogen) atoms. The predicted molar refractivity (Wildman–Crippen MR) is 90.5 cm³/mol. The van der Waals surface area contributed by atoms with Crippen molar-refractivity contribution in [1.82, 2.24) is 10.2 Å². The molecule has 0 aliphatic heterocycles. The molecule has 7 heteroatoms. The van der Waals surface area contributed by atoms with Gasteiger partial charge in [-0.1, -0.05) is 39.8 Å². The summed E-state index contributed by atoms with van der Waals surface area (Å²) in [7, 11) is 0. The van der Waals surface area contributed by atoms with Gasteiger partial charge in [-0.3, -0.25) is 4.79 Å². The number of carbonyl (C=O) groups is 1. The van der Waals surface area contributed by atoms with E-state index in [1.165, 1.54) is 11.8 Å². The molecule has 0 unspecified atom stereocenters. The number of aryl methyl sites for hydroxylation is 1. The SMILES string of the molecule is Cc1occc1-c1nnc(S[C@H](C)C(=O)c2ccc(Br)cc2)o1. The number of aromatic nitrogens is 2. The Morgan fingerprint density at radius 1 is 1.22 bits per heavy atom. The Kier molecular flexibility index (Phi) is 4.68. The van der Waals surface area contributed by atoms with Gasteiger partial charge in [0.25, 0.3) is 11.1 Å². The van der Waals surface area contributed by atoms with E-state index in [4.69, 9.17) is 8.83 Å². The lowest BCUT2D eigenvalue weighted by Crippen LogP contribution is -2.13. The summed E-state index contributed by atoms with van der Waals surface area (Å²) in [6.07, 6.45) is 1.57. The molecule has 0 saturated carbocycles. The molecule has 0 radical (unpaired) electrons. The second-order valence-electron chi connectivity index (χ2n) is 4.89. The van der Waals surface area contributed by atoms with Crippen molar-refractivity contribution >= 4 is 33.5 Å². The molecule has 0 bridgehead atoms. The topological polar surface area (TPSA) is 69.1 Å². The number of halogens is 1. The Morgan fingerprint density at radius 2 is 1.96 bits per heavy atom. The van der Waals surface area contributed by atoms with Crippen LogP contribution in [0.3, 0.4) is 0 Å². The summed E-state index contributed by atoms with van der Waals surface area (Å²) in [6, 6.07) is 9.04. The van der Waals surface area contributed by atoms with Gasteiger partial charge in [-0.25, -0.2) is 0 Å². The average Bonchev–Trinajstić information content (AvgIpc) is 3.16. The predicted octanol–water partition coefficient (Wildman–Crippen LogP) is 4.76. The van der Waals surface area contributed by atoms with Crippen molar-refractivity contribution in [1.29, 1.82) is 0 Å². The Hall–Kier alpha value is -1.86. The molecule has 0 aliphatic carbocycles. The zero-order valence-corrected chi connectivity index (χ0v) is 14.8. The Balaban J connectivity index is 1.72. The molecule has 1 atom stereocenters.